The van der Waals surface area contributed by atoms with Crippen LogP contribution in [0, 0.1) is 11.3 Å². The van der Waals surface area contributed by atoms with Crippen molar-refractivity contribution in [2.45, 2.75) is 40.0 Å². The topological polar surface area (TPSA) is 58.6 Å². The van der Waals surface area contributed by atoms with Crippen molar-refractivity contribution in [1.82, 2.24) is 15.0 Å². The van der Waals surface area contributed by atoms with E-state index in [1.165, 1.54) is 10.4 Å². The fourth-order valence-electron chi connectivity index (χ4n) is 3.55. The van der Waals surface area contributed by atoms with Crippen LogP contribution in [0.4, 0.5) is 0 Å². The number of nitrogens with zero attached hydrogens (tertiary/aromatic N) is 2. The van der Waals surface area contributed by atoms with Gasteiger partial charge in [-0.05, 0) is 48.3 Å². The van der Waals surface area contributed by atoms with Gasteiger partial charge in [0.15, 0.2) is 5.82 Å². The highest BCUT2D eigenvalue weighted by Gasteiger charge is 2.31. The molecule has 3 aromatic heterocycles. The number of aryl methyl sites for hydroxylation is 1. The number of hydrogen-bond donors (Lipinski definition) is 1. The number of hydrogen-bond acceptors (Lipinski definition) is 4. The molecule has 24 heavy (non-hydrogen) atoms. The van der Waals surface area contributed by atoms with Gasteiger partial charge in [-0.2, -0.15) is 0 Å². The fraction of sp³-hybridized carbons (Fsp3) is 0.421. The third-order valence-corrected chi connectivity index (χ3v) is 6.20. The number of rotatable bonds is 1. The van der Waals surface area contributed by atoms with E-state index >= 15 is 0 Å². The van der Waals surface area contributed by atoms with Gasteiger partial charge in [-0.1, -0.05) is 26.8 Å². The molecule has 5 heteroatoms. The predicted molar refractivity (Wildman–Crippen MR) is 98.4 cm³/mol. The molecule has 0 spiro atoms. The maximum Gasteiger partial charge on any atom is 0.260 e. The zero-order valence-corrected chi connectivity index (χ0v) is 15.0. The second-order valence-corrected chi connectivity index (χ2v) is 8.70. The summed E-state index contributed by atoms with van der Waals surface area (Å²) in [5, 5.41) is 0.794. The summed E-state index contributed by atoms with van der Waals surface area (Å²) in [6, 6.07) is 5.63. The quantitative estimate of drug-likeness (QED) is 0.723. The van der Waals surface area contributed by atoms with E-state index in [9.17, 15) is 4.79 Å². The summed E-state index contributed by atoms with van der Waals surface area (Å²) in [7, 11) is 0. The zero-order chi connectivity index (χ0) is 16.9. The normalized spacial score (nSPS) is 17.9. The van der Waals surface area contributed by atoms with Crippen LogP contribution >= 0.6 is 11.3 Å². The molecule has 1 atom stereocenters. The summed E-state index contributed by atoms with van der Waals surface area (Å²) >= 11 is 1.68. The fourth-order valence-corrected chi connectivity index (χ4v) is 4.85. The van der Waals surface area contributed by atoms with Gasteiger partial charge in [0.25, 0.3) is 5.56 Å². The van der Waals surface area contributed by atoms with E-state index in [1.807, 2.05) is 18.2 Å². The number of thiophene rings is 1. The minimum Gasteiger partial charge on any atom is -0.305 e. The van der Waals surface area contributed by atoms with Crippen LogP contribution in [0.25, 0.3) is 21.7 Å². The molecule has 0 amide bonds. The van der Waals surface area contributed by atoms with Crippen LogP contribution in [0.2, 0.25) is 0 Å². The Kier molecular flexibility index (Phi) is 3.57. The number of nitrogens with one attached hydrogen (secondary N) is 1. The zero-order valence-electron chi connectivity index (χ0n) is 14.2. The van der Waals surface area contributed by atoms with Gasteiger partial charge < -0.3 is 4.98 Å². The number of pyridine rings is 1. The summed E-state index contributed by atoms with van der Waals surface area (Å²) in [6.07, 6.45) is 4.89. The monoisotopic (exact) mass is 339 g/mol. The van der Waals surface area contributed by atoms with E-state index < -0.39 is 0 Å². The lowest BCUT2D eigenvalue weighted by Gasteiger charge is -2.33. The molecule has 0 fully saturated rings. The lowest BCUT2D eigenvalue weighted by atomic mass is 9.72. The van der Waals surface area contributed by atoms with Gasteiger partial charge in [-0.3, -0.25) is 9.78 Å². The van der Waals surface area contributed by atoms with Crippen LogP contribution in [0.15, 0.2) is 29.2 Å². The maximum absolute atomic E-state index is 12.7. The lowest BCUT2D eigenvalue weighted by Crippen LogP contribution is -2.26. The predicted octanol–water partition coefficient (Wildman–Crippen LogP) is 4.20. The number of aromatic nitrogens is 3. The summed E-state index contributed by atoms with van der Waals surface area (Å²) in [5.74, 6) is 1.21. The van der Waals surface area contributed by atoms with Gasteiger partial charge in [0, 0.05) is 11.1 Å². The molecule has 0 saturated heterocycles. The van der Waals surface area contributed by atoms with Crippen molar-refractivity contribution in [2.75, 3.05) is 0 Å². The van der Waals surface area contributed by atoms with Gasteiger partial charge in [0.2, 0.25) is 0 Å². The summed E-state index contributed by atoms with van der Waals surface area (Å²) in [5.41, 5.74) is 2.19. The molecule has 1 aliphatic rings. The molecule has 1 unspecified atom stereocenters. The average molecular weight is 339 g/mol. The molecule has 0 aliphatic heterocycles. The Morgan fingerprint density at radius 1 is 1.29 bits per heavy atom. The van der Waals surface area contributed by atoms with Crippen molar-refractivity contribution in [3.8, 4) is 11.5 Å². The van der Waals surface area contributed by atoms with E-state index in [4.69, 9.17) is 4.98 Å². The first kappa shape index (κ1) is 15.5. The van der Waals surface area contributed by atoms with Crippen LogP contribution in [-0.2, 0) is 12.8 Å². The third kappa shape index (κ3) is 2.57. The average Bonchev–Trinajstić information content (AvgIpc) is 2.92. The maximum atomic E-state index is 12.7. The van der Waals surface area contributed by atoms with Gasteiger partial charge >= 0.3 is 0 Å². The van der Waals surface area contributed by atoms with Crippen molar-refractivity contribution in [1.29, 1.82) is 0 Å². The Bertz CT molecular complexity index is 950. The Hall–Kier alpha value is -2.01. The van der Waals surface area contributed by atoms with Gasteiger partial charge in [-0.15, -0.1) is 11.3 Å². The van der Waals surface area contributed by atoms with E-state index in [0.29, 0.717) is 22.9 Å². The molecular weight excluding hydrogens is 318 g/mol. The molecule has 0 saturated carbocycles. The first-order valence-corrected chi connectivity index (χ1v) is 9.21. The van der Waals surface area contributed by atoms with Crippen molar-refractivity contribution < 1.29 is 0 Å². The molecule has 0 radical (unpaired) electrons. The van der Waals surface area contributed by atoms with E-state index in [0.717, 1.165) is 29.5 Å². The lowest BCUT2D eigenvalue weighted by molar-refractivity contribution is 0.218. The molecule has 124 valence electrons. The summed E-state index contributed by atoms with van der Waals surface area (Å²) in [4.78, 5) is 26.8. The number of aromatic amines is 1. The Morgan fingerprint density at radius 2 is 2.12 bits per heavy atom. The van der Waals surface area contributed by atoms with Crippen molar-refractivity contribution in [3.63, 3.8) is 0 Å². The van der Waals surface area contributed by atoms with Crippen LogP contribution in [0.3, 0.4) is 0 Å². The minimum atomic E-state index is -0.0349. The second kappa shape index (κ2) is 5.52. The minimum absolute atomic E-state index is 0.0349. The number of fused-ring (bicyclic) bond motifs is 3. The summed E-state index contributed by atoms with van der Waals surface area (Å²) in [6.45, 7) is 6.92. The molecule has 3 aromatic rings. The molecule has 3 heterocycles. The Labute approximate surface area is 145 Å². The highest BCUT2D eigenvalue weighted by Crippen LogP contribution is 2.42. The highest BCUT2D eigenvalue weighted by atomic mass is 32.1. The van der Waals surface area contributed by atoms with Crippen LogP contribution < -0.4 is 5.56 Å². The third-order valence-electron chi connectivity index (χ3n) is 5.05. The molecule has 1 N–H and O–H groups in total. The van der Waals surface area contributed by atoms with E-state index in [1.54, 1.807) is 17.5 Å². The summed E-state index contributed by atoms with van der Waals surface area (Å²) < 4.78 is 0. The Balaban J connectivity index is 1.83. The number of H-pyrrole nitrogens is 1. The Morgan fingerprint density at radius 3 is 2.83 bits per heavy atom. The molecule has 4 nitrogen and oxygen atoms in total. The second-order valence-electron chi connectivity index (χ2n) is 7.62. The molecule has 0 aromatic carbocycles. The molecule has 1 aliphatic carbocycles. The molecule has 4 rings (SSSR count). The van der Waals surface area contributed by atoms with Gasteiger partial charge in [0.1, 0.15) is 10.5 Å². The van der Waals surface area contributed by atoms with Crippen LogP contribution in [0.1, 0.15) is 37.6 Å². The van der Waals surface area contributed by atoms with Crippen LogP contribution in [-0.4, -0.2) is 15.0 Å². The standard InChI is InChI=1S/C19H21N3OS/c1-19(2,3)11-7-8-12-14(10-11)24-18-15(12)17(23)21-16(22-18)13-6-4-5-9-20-13/h4-6,9,11H,7-8,10H2,1-3H3,(H,21,22,23). The van der Waals surface area contributed by atoms with Crippen molar-refractivity contribution in [2.24, 2.45) is 11.3 Å². The molecule has 0 bridgehead atoms. The van der Waals surface area contributed by atoms with E-state index in [2.05, 4.69) is 30.7 Å². The first-order chi connectivity index (χ1) is 11.4. The largest absolute Gasteiger partial charge is 0.305 e. The van der Waals surface area contributed by atoms with Gasteiger partial charge in [-0.25, -0.2) is 4.98 Å². The first-order valence-electron chi connectivity index (χ1n) is 8.39. The SMILES string of the molecule is CC(C)(C)C1CCc2c(sc3nc(-c4ccccn4)[nH]c(=O)c23)C1. The highest BCUT2D eigenvalue weighted by molar-refractivity contribution is 7.18. The van der Waals surface area contributed by atoms with E-state index in [-0.39, 0.29) is 5.56 Å². The molecular formula is C19H21N3OS. The smallest absolute Gasteiger partial charge is 0.260 e. The van der Waals surface area contributed by atoms with Crippen LogP contribution in [0.5, 0.6) is 0 Å². The van der Waals surface area contributed by atoms with Crippen molar-refractivity contribution >= 4 is 21.6 Å². The van der Waals surface area contributed by atoms with Gasteiger partial charge in [0.05, 0.1) is 5.39 Å². The van der Waals surface area contributed by atoms with Crippen molar-refractivity contribution in [3.05, 3.63) is 45.2 Å².